The van der Waals surface area contributed by atoms with Gasteiger partial charge in [-0.15, -0.1) is 0 Å². The Balaban J connectivity index is 2.27. The molecule has 142 valence electrons. The maximum atomic E-state index is 14.5. The van der Waals surface area contributed by atoms with Gasteiger partial charge >= 0.3 is 0 Å². The molecule has 1 N–H and O–H groups in total. The predicted molar refractivity (Wildman–Crippen MR) is 95.1 cm³/mol. The molecule has 0 unspecified atom stereocenters. The Kier molecular flexibility index (Phi) is 5.13. The van der Waals surface area contributed by atoms with Crippen LogP contribution in [-0.2, 0) is 9.84 Å². The molecule has 3 rings (SSSR count). The van der Waals surface area contributed by atoms with Gasteiger partial charge in [0.2, 0.25) is 0 Å². The first-order valence-electron chi connectivity index (χ1n) is 7.41. The average molecular weight is 463 g/mol. The molecule has 27 heavy (non-hydrogen) atoms. The van der Waals surface area contributed by atoms with Crippen LogP contribution in [0.5, 0.6) is 0 Å². The van der Waals surface area contributed by atoms with Crippen molar-refractivity contribution in [3.8, 4) is 22.5 Å². The van der Waals surface area contributed by atoms with E-state index in [0.717, 1.165) is 6.26 Å². The van der Waals surface area contributed by atoms with E-state index in [1.807, 2.05) is 0 Å². The fourth-order valence-corrected chi connectivity index (χ4v) is 3.67. The van der Waals surface area contributed by atoms with Gasteiger partial charge in [-0.2, -0.15) is 0 Å². The van der Waals surface area contributed by atoms with Gasteiger partial charge in [0.15, 0.2) is 15.7 Å². The van der Waals surface area contributed by atoms with E-state index in [1.54, 1.807) is 24.3 Å². The van der Waals surface area contributed by atoms with Crippen LogP contribution in [0.3, 0.4) is 0 Å². The van der Waals surface area contributed by atoms with E-state index >= 15 is 0 Å². The molecule has 0 aliphatic rings. The third-order valence-electron chi connectivity index (χ3n) is 3.72. The standard InChI is InChI=1S/C17H11BrF4N2O2S/c1-27(25,26)13-7-11(19)10(6-12(13)20)15-14(23-17(24-15)16(21)22)8-3-2-4-9(18)5-8/h2-7,16H,1H3,(H,23,24). The normalized spacial score (nSPS) is 12.0. The molecule has 0 saturated carbocycles. The molecule has 3 aromatic rings. The highest BCUT2D eigenvalue weighted by Gasteiger charge is 2.24. The zero-order valence-electron chi connectivity index (χ0n) is 13.6. The summed E-state index contributed by atoms with van der Waals surface area (Å²) in [5.74, 6) is -3.01. The fourth-order valence-electron chi connectivity index (χ4n) is 2.54. The summed E-state index contributed by atoms with van der Waals surface area (Å²) in [6, 6.07) is 7.66. The van der Waals surface area contributed by atoms with Gasteiger partial charge in [0.1, 0.15) is 16.5 Å². The molecule has 0 atom stereocenters. The van der Waals surface area contributed by atoms with Gasteiger partial charge in [0.05, 0.1) is 11.4 Å². The van der Waals surface area contributed by atoms with E-state index in [2.05, 4.69) is 25.9 Å². The van der Waals surface area contributed by atoms with Crippen LogP contribution in [0, 0.1) is 11.6 Å². The second kappa shape index (κ2) is 7.08. The highest BCUT2D eigenvalue weighted by Crippen LogP contribution is 2.36. The fraction of sp³-hybridized carbons (Fsp3) is 0.118. The van der Waals surface area contributed by atoms with Crippen molar-refractivity contribution in [1.29, 1.82) is 0 Å². The second-order valence-electron chi connectivity index (χ2n) is 5.69. The smallest absolute Gasteiger partial charge is 0.295 e. The number of hydrogen-bond donors (Lipinski definition) is 1. The number of alkyl halides is 2. The number of halogens is 5. The van der Waals surface area contributed by atoms with E-state index in [4.69, 9.17) is 0 Å². The van der Waals surface area contributed by atoms with Crippen LogP contribution >= 0.6 is 15.9 Å². The lowest BCUT2D eigenvalue weighted by Gasteiger charge is -2.08. The van der Waals surface area contributed by atoms with Crippen LogP contribution in [0.15, 0.2) is 45.8 Å². The third-order valence-corrected chi connectivity index (χ3v) is 5.32. The van der Waals surface area contributed by atoms with E-state index in [-0.39, 0.29) is 11.4 Å². The molecule has 2 aromatic carbocycles. The molecular weight excluding hydrogens is 452 g/mol. The number of nitrogens with zero attached hydrogens (tertiary/aromatic N) is 1. The van der Waals surface area contributed by atoms with Crippen molar-refractivity contribution >= 4 is 25.8 Å². The summed E-state index contributed by atoms with van der Waals surface area (Å²) in [4.78, 5) is 5.31. The number of hydrogen-bond acceptors (Lipinski definition) is 3. The predicted octanol–water partition coefficient (Wildman–Crippen LogP) is 5.13. The summed E-state index contributed by atoms with van der Waals surface area (Å²) in [6.45, 7) is 0. The third kappa shape index (κ3) is 3.91. The lowest BCUT2D eigenvalue weighted by Crippen LogP contribution is -2.03. The van der Waals surface area contributed by atoms with Gasteiger partial charge in [-0.25, -0.2) is 31.0 Å². The Hall–Kier alpha value is -2.20. The minimum absolute atomic E-state index is 0.0528. The summed E-state index contributed by atoms with van der Waals surface area (Å²) in [5.41, 5.74) is -0.222. The molecule has 0 amide bonds. The van der Waals surface area contributed by atoms with Crippen LogP contribution in [0.1, 0.15) is 12.2 Å². The van der Waals surface area contributed by atoms with Gasteiger partial charge in [-0.3, -0.25) is 0 Å². The number of benzene rings is 2. The summed E-state index contributed by atoms with van der Waals surface area (Å²) >= 11 is 3.25. The van der Waals surface area contributed by atoms with Crippen LogP contribution in [-0.4, -0.2) is 24.6 Å². The molecule has 0 aliphatic carbocycles. The first-order chi connectivity index (χ1) is 12.6. The van der Waals surface area contributed by atoms with Crippen LogP contribution in [0.4, 0.5) is 17.6 Å². The molecule has 0 spiro atoms. The van der Waals surface area contributed by atoms with Crippen LogP contribution in [0.25, 0.3) is 22.5 Å². The number of H-pyrrole nitrogens is 1. The molecule has 0 saturated heterocycles. The van der Waals surface area contributed by atoms with Crippen molar-refractivity contribution in [3.63, 3.8) is 0 Å². The van der Waals surface area contributed by atoms with Gasteiger partial charge in [0.25, 0.3) is 6.43 Å². The van der Waals surface area contributed by atoms with Gasteiger partial charge in [0, 0.05) is 21.9 Å². The number of nitrogens with one attached hydrogen (secondary N) is 1. The Labute approximate surface area is 160 Å². The van der Waals surface area contributed by atoms with Gasteiger partial charge < -0.3 is 4.98 Å². The summed E-state index contributed by atoms with van der Waals surface area (Å²) < 4.78 is 78.7. The first-order valence-corrected chi connectivity index (χ1v) is 10.1. The zero-order valence-corrected chi connectivity index (χ0v) is 16.0. The molecule has 0 fully saturated rings. The molecule has 0 radical (unpaired) electrons. The quantitative estimate of drug-likeness (QED) is 0.546. The van der Waals surface area contributed by atoms with Crippen molar-refractivity contribution in [2.24, 2.45) is 0 Å². The van der Waals surface area contributed by atoms with Gasteiger partial charge in [-0.05, 0) is 24.3 Å². The molecule has 10 heteroatoms. The van der Waals surface area contributed by atoms with Crippen molar-refractivity contribution in [2.75, 3.05) is 6.26 Å². The lowest BCUT2D eigenvalue weighted by atomic mass is 10.0. The SMILES string of the molecule is CS(=O)(=O)c1cc(F)c(-c2nc(C(F)F)[nH]c2-c2cccc(Br)c2)cc1F. The number of sulfone groups is 1. The monoisotopic (exact) mass is 462 g/mol. The topological polar surface area (TPSA) is 62.8 Å². The van der Waals surface area contributed by atoms with Crippen molar-refractivity contribution < 1.29 is 26.0 Å². The lowest BCUT2D eigenvalue weighted by molar-refractivity contribution is 0.141. The Morgan fingerprint density at radius 1 is 1.11 bits per heavy atom. The van der Waals surface area contributed by atoms with E-state index in [0.29, 0.717) is 22.2 Å². The molecule has 4 nitrogen and oxygen atoms in total. The summed E-state index contributed by atoms with van der Waals surface area (Å²) in [7, 11) is -4.00. The van der Waals surface area contributed by atoms with Gasteiger partial charge in [-0.1, -0.05) is 28.1 Å². The summed E-state index contributed by atoms with van der Waals surface area (Å²) in [5, 5.41) is 0. The van der Waals surface area contributed by atoms with E-state index in [9.17, 15) is 26.0 Å². The van der Waals surface area contributed by atoms with Crippen molar-refractivity contribution in [2.45, 2.75) is 11.3 Å². The molecule has 1 aromatic heterocycles. The Bertz CT molecular complexity index is 1130. The molecular formula is C17H11BrF4N2O2S. The number of aromatic nitrogens is 2. The number of imidazole rings is 1. The van der Waals surface area contributed by atoms with Crippen molar-refractivity contribution in [3.05, 3.63) is 58.3 Å². The summed E-state index contributed by atoms with van der Waals surface area (Å²) in [6.07, 6.45) is -2.23. The number of aromatic amines is 1. The highest BCUT2D eigenvalue weighted by molar-refractivity contribution is 9.10. The highest BCUT2D eigenvalue weighted by atomic mass is 79.9. The molecule has 1 heterocycles. The zero-order chi connectivity index (χ0) is 19.9. The Morgan fingerprint density at radius 3 is 2.41 bits per heavy atom. The van der Waals surface area contributed by atoms with E-state index < -0.39 is 44.2 Å². The Morgan fingerprint density at radius 2 is 1.81 bits per heavy atom. The number of rotatable bonds is 4. The van der Waals surface area contributed by atoms with E-state index in [1.165, 1.54) is 0 Å². The van der Waals surface area contributed by atoms with Crippen LogP contribution in [0.2, 0.25) is 0 Å². The average Bonchev–Trinajstić information content (AvgIpc) is 3.01. The van der Waals surface area contributed by atoms with Crippen molar-refractivity contribution in [1.82, 2.24) is 9.97 Å². The molecule has 0 bridgehead atoms. The van der Waals surface area contributed by atoms with Crippen LogP contribution < -0.4 is 0 Å². The largest absolute Gasteiger partial charge is 0.337 e. The minimum Gasteiger partial charge on any atom is -0.337 e. The first kappa shape index (κ1) is 19.6. The second-order valence-corrected chi connectivity index (χ2v) is 8.59. The minimum atomic E-state index is -4.00. The molecule has 0 aliphatic heterocycles. The maximum absolute atomic E-state index is 14.5. The maximum Gasteiger partial charge on any atom is 0.295 e.